The fourth-order valence-electron chi connectivity index (χ4n) is 3.07. The van der Waals surface area contributed by atoms with E-state index in [1.165, 1.54) is 11.1 Å². The summed E-state index contributed by atoms with van der Waals surface area (Å²) in [4.78, 5) is 14.6. The van der Waals surface area contributed by atoms with Crippen molar-refractivity contribution in [3.8, 4) is 11.3 Å². The molecule has 0 atom stereocenters. The van der Waals surface area contributed by atoms with Crippen LogP contribution >= 0.6 is 11.6 Å². The number of fused-ring (bicyclic) bond motifs is 1. The molecule has 0 bridgehead atoms. The van der Waals surface area contributed by atoms with Gasteiger partial charge in [-0.05, 0) is 41.8 Å². The van der Waals surface area contributed by atoms with Gasteiger partial charge in [0.2, 0.25) is 0 Å². The van der Waals surface area contributed by atoms with E-state index in [-0.39, 0.29) is 5.91 Å². The molecular weight excluding hydrogens is 322 g/mol. The quantitative estimate of drug-likeness (QED) is 0.673. The van der Waals surface area contributed by atoms with Crippen LogP contribution in [0.15, 0.2) is 65.1 Å². The summed E-state index contributed by atoms with van der Waals surface area (Å²) in [5.74, 6) is 0.945. The molecule has 3 aromatic rings. The number of hydrogen-bond donors (Lipinski definition) is 0. The first-order chi connectivity index (χ1) is 11.7. The lowest BCUT2D eigenvalue weighted by Gasteiger charge is -2.28. The lowest BCUT2D eigenvalue weighted by atomic mass is 10.00. The third-order valence-electron chi connectivity index (χ3n) is 4.34. The van der Waals surface area contributed by atoms with Gasteiger partial charge >= 0.3 is 0 Å². The molecule has 3 nitrogen and oxygen atoms in total. The molecule has 4 rings (SSSR count). The van der Waals surface area contributed by atoms with Gasteiger partial charge < -0.3 is 9.32 Å². The summed E-state index contributed by atoms with van der Waals surface area (Å²) in [6.45, 7) is 1.34. The van der Waals surface area contributed by atoms with Crippen LogP contribution in [0.25, 0.3) is 11.3 Å². The van der Waals surface area contributed by atoms with Crippen LogP contribution < -0.4 is 0 Å². The summed E-state index contributed by atoms with van der Waals surface area (Å²) < 4.78 is 5.78. The van der Waals surface area contributed by atoms with Gasteiger partial charge in [0.1, 0.15) is 5.76 Å². The molecular formula is C20H16ClNO2. The number of halogens is 1. The van der Waals surface area contributed by atoms with Gasteiger partial charge in [0.05, 0.1) is 0 Å². The molecule has 1 aromatic heterocycles. The number of hydrogen-bond acceptors (Lipinski definition) is 2. The summed E-state index contributed by atoms with van der Waals surface area (Å²) in [5.41, 5.74) is 3.39. The predicted molar refractivity (Wildman–Crippen MR) is 94.0 cm³/mol. The SMILES string of the molecule is O=C(c1ccc(-c2cccc(Cl)c2)o1)N1CCc2ccccc2C1. The van der Waals surface area contributed by atoms with Crippen molar-refractivity contribution in [2.24, 2.45) is 0 Å². The van der Waals surface area contributed by atoms with Crippen LogP contribution in [0.2, 0.25) is 5.02 Å². The lowest BCUT2D eigenvalue weighted by molar-refractivity contribution is 0.0703. The Balaban J connectivity index is 1.56. The van der Waals surface area contributed by atoms with Crippen LogP contribution in [-0.2, 0) is 13.0 Å². The van der Waals surface area contributed by atoms with Crippen LogP contribution in [0.5, 0.6) is 0 Å². The van der Waals surface area contributed by atoms with Crippen molar-refractivity contribution in [2.75, 3.05) is 6.54 Å². The maximum absolute atomic E-state index is 12.7. The smallest absolute Gasteiger partial charge is 0.289 e. The zero-order valence-corrected chi connectivity index (χ0v) is 13.8. The highest BCUT2D eigenvalue weighted by molar-refractivity contribution is 6.30. The molecule has 0 saturated carbocycles. The Bertz CT molecular complexity index is 900. The second-order valence-corrected chi connectivity index (χ2v) is 6.36. The Morgan fingerprint density at radius 3 is 2.67 bits per heavy atom. The van der Waals surface area contributed by atoms with Gasteiger partial charge in [-0.2, -0.15) is 0 Å². The maximum Gasteiger partial charge on any atom is 0.289 e. The lowest BCUT2D eigenvalue weighted by Crippen LogP contribution is -2.35. The number of rotatable bonds is 2. The summed E-state index contributed by atoms with van der Waals surface area (Å²) in [5, 5.41) is 0.643. The molecule has 4 heteroatoms. The topological polar surface area (TPSA) is 33.5 Å². The highest BCUT2D eigenvalue weighted by Crippen LogP contribution is 2.26. The normalized spacial score (nSPS) is 13.6. The first-order valence-electron chi connectivity index (χ1n) is 7.92. The molecule has 2 aromatic carbocycles. The third-order valence-corrected chi connectivity index (χ3v) is 4.58. The fraction of sp³-hybridized carbons (Fsp3) is 0.150. The van der Waals surface area contributed by atoms with Crippen molar-refractivity contribution in [1.82, 2.24) is 4.90 Å². The molecule has 0 unspecified atom stereocenters. The Morgan fingerprint density at radius 1 is 1.00 bits per heavy atom. The molecule has 120 valence electrons. The van der Waals surface area contributed by atoms with Gasteiger partial charge in [0.15, 0.2) is 5.76 Å². The average Bonchev–Trinajstić information content (AvgIpc) is 3.11. The molecule has 1 aliphatic heterocycles. The molecule has 0 saturated heterocycles. The first kappa shape index (κ1) is 15.0. The third kappa shape index (κ3) is 2.83. The number of carbonyl (C=O) groups excluding carboxylic acids is 1. The number of furan rings is 1. The number of amides is 1. The second kappa shape index (κ2) is 6.17. The minimum atomic E-state index is -0.0715. The standard InChI is InChI=1S/C20H16ClNO2/c21-17-7-3-6-15(12-17)18-8-9-19(24-18)20(23)22-11-10-14-4-1-2-5-16(14)13-22/h1-9,12H,10-11,13H2. The van der Waals surface area contributed by atoms with Gasteiger partial charge in [0.25, 0.3) is 5.91 Å². The molecule has 24 heavy (non-hydrogen) atoms. The van der Waals surface area contributed by atoms with E-state index in [1.54, 1.807) is 6.07 Å². The van der Waals surface area contributed by atoms with E-state index in [0.717, 1.165) is 12.0 Å². The zero-order valence-electron chi connectivity index (χ0n) is 13.0. The molecule has 0 radical (unpaired) electrons. The highest BCUT2D eigenvalue weighted by atomic mass is 35.5. The van der Waals surface area contributed by atoms with E-state index in [4.69, 9.17) is 16.0 Å². The number of carbonyl (C=O) groups is 1. The van der Waals surface area contributed by atoms with E-state index in [1.807, 2.05) is 47.4 Å². The Labute approximate surface area is 145 Å². The van der Waals surface area contributed by atoms with Crippen LogP contribution in [0.3, 0.4) is 0 Å². The van der Waals surface area contributed by atoms with Crippen molar-refractivity contribution in [1.29, 1.82) is 0 Å². The molecule has 0 aliphatic carbocycles. The zero-order chi connectivity index (χ0) is 16.5. The van der Waals surface area contributed by atoms with E-state index in [0.29, 0.717) is 29.6 Å². The second-order valence-electron chi connectivity index (χ2n) is 5.92. The van der Waals surface area contributed by atoms with Crippen molar-refractivity contribution in [3.63, 3.8) is 0 Å². The van der Waals surface area contributed by atoms with Crippen molar-refractivity contribution in [2.45, 2.75) is 13.0 Å². The van der Waals surface area contributed by atoms with Crippen LogP contribution in [0.4, 0.5) is 0 Å². The van der Waals surface area contributed by atoms with Crippen LogP contribution in [0.1, 0.15) is 21.7 Å². The number of benzene rings is 2. The predicted octanol–water partition coefficient (Wildman–Crippen LogP) is 4.80. The van der Waals surface area contributed by atoms with Crippen molar-refractivity contribution < 1.29 is 9.21 Å². The monoisotopic (exact) mass is 337 g/mol. The average molecular weight is 338 g/mol. The summed E-state index contributed by atoms with van der Waals surface area (Å²) in [6, 6.07) is 19.2. The number of nitrogens with zero attached hydrogens (tertiary/aromatic N) is 1. The highest BCUT2D eigenvalue weighted by Gasteiger charge is 2.23. The molecule has 0 N–H and O–H groups in total. The van der Waals surface area contributed by atoms with Gasteiger partial charge in [0, 0.05) is 23.7 Å². The fourth-order valence-corrected chi connectivity index (χ4v) is 3.26. The van der Waals surface area contributed by atoms with Crippen molar-refractivity contribution >= 4 is 17.5 Å². The molecule has 0 spiro atoms. The van der Waals surface area contributed by atoms with E-state index < -0.39 is 0 Å². The van der Waals surface area contributed by atoms with Gasteiger partial charge in [-0.1, -0.05) is 48.0 Å². The first-order valence-corrected chi connectivity index (χ1v) is 8.30. The van der Waals surface area contributed by atoms with Gasteiger partial charge in [-0.15, -0.1) is 0 Å². The van der Waals surface area contributed by atoms with Crippen molar-refractivity contribution in [3.05, 3.63) is 82.6 Å². The molecule has 1 aliphatic rings. The molecule has 0 fully saturated rings. The Morgan fingerprint density at radius 2 is 1.83 bits per heavy atom. The van der Waals surface area contributed by atoms with E-state index in [2.05, 4.69) is 12.1 Å². The molecule has 1 amide bonds. The van der Waals surface area contributed by atoms with Gasteiger partial charge in [-0.3, -0.25) is 4.79 Å². The Kier molecular flexibility index (Phi) is 3.87. The van der Waals surface area contributed by atoms with Gasteiger partial charge in [-0.25, -0.2) is 0 Å². The molecule has 2 heterocycles. The van der Waals surface area contributed by atoms with E-state index in [9.17, 15) is 4.79 Å². The summed E-state index contributed by atoms with van der Waals surface area (Å²) in [6.07, 6.45) is 0.879. The minimum absolute atomic E-state index is 0.0715. The summed E-state index contributed by atoms with van der Waals surface area (Å²) >= 11 is 6.02. The van der Waals surface area contributed by atoms with Crippen LogP contribution in [0, 0.1) is 0 Å². The van der Waals surface area contributed by atoms with E-state index >= 15 is 0 Å². The summed E-state index contributed by atoms with van der Waals surface area (Å²) in [7, 11) is 0. The maximum atomic E-state index is 12.7. The Hall–Kier alpha value is -2.52. The largest absolute Gasteiger partial charge is 0.451 e. The minimum Gasteiger partial charge on any atom is -0.451 e. The van der Waals surface area contributed by atoms with Crippen LogP contribution in [-0.4, -0.2) is 17.4 Å².